The molecule has 0 heterocycles. The zero-order valence-corrected chi connectivity index (χ0v) is 15.1. The van der Waals surface area contributed by atoms with Gasteiger partial charge in [-0.2, -0.15) is 0 Å². The maximum absolute atomic E-state index is 12.5. The summed E-state index contributed by atoms with van der Waals surface area (Å²) in [5.41, 5.74) is 0.0748. The van der Waals surface area contributed by atoms with Crippen LogP contribution in [0.4, 0.5) is 11.4 Å². The van der Waals surface area contributed by atoms with Gasteiger partial charge in [0.05, 0.1) is 0 Å². The summed E-state index contributed by atoms with van der Waals surface area (Å²) in [5, 5.41) is 8.44. The van der Waals surface area contributed by atoms with Gasteiger partial charge >= 0.3 is 0 Å². The fourth-order valence-electron chi connectivity index (χ4n) is 2.84. The largest absolute Gasteiger partial charge is 0.352 e. The van der Waals surface area contributed by atoms with Crippen LogP contribution in [-0.2, 0) is 14.4 Å². The van der Waals surface area contributed by atoms with Crippen LogP contribution in [0.5, 0.6) is 0 Å². The van der Waals surface area contributed by atoms with E-state index in [2.05, 4.69) is 16.0 Å². The van der Waals surface area contributed by atoms with Gasteiger partial charge in [0.1, 0.15) is 5.41 Å². The third-order valence-corrected chi connectivity index (χ3v) is 4.54. The monoisotopic (exact) mass is 345 g/mol. The predicted octanol–water partition coefficient (Wildman–Crippen LogP) is 3.06. The second-order valence-corrected chi connectivity index (χ2v) is 7.15. The van der Waals surface area contributed by atoms with E-state index in [9.17, 15) is 14.4 Å². The predicted molar refractivity (Wildman–Crippen MR) is 98.2 cm³/mol. The average molecular weight is 345 g/mol. The van der Waals surface area contributed by atoms with E-state index in [1.165, 1.54) is 13.3 Å². The molecule has 1 fully saturated rings. The minimum Gasteiger partial charge on any atom is -0.352 e. The Balaban J connectivity index is 1.95. The number of hydrogen-bond donors (Lipinski definition) is 3. The molecule has 1 aromatic rings. The van der Waals surface area contributed by atoms with Crippen LogP contribution in [0.1, 0.15) is 52.9 Å². The lowest BCUT2D eigenvalue weighted by Crippen LogP contribution is -2.49. The first-order chi connectivity index (χ1) is 11.8. The summed E-state index contributed by atoms with van der Waals surface area (Å²) in [7, 11) is 0. The molecule has 0 unspecified atom stereocenters. The van der Waals surface area contributed by atoms with Crippen LogP contribution in [0.15, 0.2) is 24.3 Å². The van der Waals surface area contributed by atoms with Crippen LogP contribution in [0.3, 0.4) is 0 Å². The standard InChI is InChI=1S/C19H27N3O3/c1-13(23)20-15-9-11-16(12-10-15)22-18(25)19(2,3)17(24)21-14-7-5-4-6-8-14/h9-12,14H,4-8H2,1-3H3,(H,20,23)(H,21,24)(H,22,25). The number of carbonyl (C=O) groups excluding carboxylic acids is 3. The Morgan fingerprint density at radius 2 is 1.40 bits per heavy atom. The Morgan fingerprint density at radius 1 is 0.880 bits per heavy atom. The Morgan fingerprint density at radius 3 is 1.92 bits per heavy atom. The second kappa shape index (κ2) is 8.14. The first-order valence-electron chi connectivity index (χ1n) is 8.79. The molecule has 0 bridgehead atoms. The fraction of sp³-hybridized carbons (Fsp3) is 0.526. The topological polar surface area (TPSA) is 87.3 Å². The van der Waals surface area contributed by atoms with Gasteiger partial charge in [-0.1, -0.05) is 19.3 Å². The summed E-state index contributed by atoms with van der Waals surface area (Å²) in [5.74, 6) is -0.753. The molecule has 1 saturated carbocycles. The molecule has 0 aliphatic heterocycles. The molecule has 0 atom stereocenters. The molecular formula is C19H27N3O3. The number of benzene rings is 1. The minimum absolute atomic E-state index is 0.155. The summed E-state index contributed by atoms with van der Waals surface area (Å²) in [6.45, 7) is 4.70. The third kappa shape index (κ3) is 5.31. The van der Waals surface area contributed by atoms with Crippen molar-refractivity contribution >= 4 is 29.1 Å². The molecule has 0 radical (unpaired) electrons. The molecule has 1 aliphatic rings. The highest BCUT2D eigenvalue weighted by Crippen LogP contribution is 2.23. The van der Waals surface area contributed by atoms with Crippen LogP contribution >= 0.6 is 0 Å². The van der Waals surface area contributed by atoms with Crippen LogP contribution < -0.4 is 16.0 Å². The average Bonchev–Trinajstić information content (AvgIpc) is 2.57. The van der Waals surface area contributed by atoms with Gasteiger partial charge in [0.25, 0.3) is 0 Å². The summed E-state index contributed by atoms with van der Waals surface area (Å²) in [6.07, 6.45) is 5.42. The first kappa shape index (κ1) is 19.0. The Bertz CT molecular complexity index is 632. The van der Waals surface area contributed by atoms with Gasteiger partial charge in [-0.05, 0) is 51.0 Å². The van der Waals surface area contributed by atoms with Gasteiger partial charge in [0.2, 0.25) is 17.7 Å². The minimum atomic E-state index is -1.16. The van der Waals surface area contributed by atoms with Gasteiger partial charge in [0, 0.05) is 24.3 Å². The molecule has 1 aromatic carbocycles. The van der Waals surface area contributed by atoms with Gasteiger partial charge in [0.15, 0.2) is 0 Å². The SMILES string of the molecule is CC(=O)Nc1ccc(NC(=O)C(C)(C)C(=O)NC2CCCCC2)cc1. The molecule has 0 saturated heterocycles. The zero-order chi connectivity index (χ0) is 18.4. The van der Waals surface area contributed by atoms with Crippen molar-refractivity contribution in [3.8, 4) is 0 Å². The summed E-state index contributed by atoms with van der Waals surface area (Å²) in [6, 6.07) is 6.96. The Kier molecular flexibility index (Phi) is 6.17. The highest BCUT2D eigenvalue weighted by atomic mass is 16.2. The maximum atomic E-state index is 12.5. The van der Waals surface area contributed by atoms with E-state index in [-0.39, 0.29) is 23.8 Å². The number of nitrogens with one attached hydrogen (secondary N) is 3. The van der Waals surface area contributed by atoms with E-state index in [4.69, 9.17) is 0 Å². The molecule has 1 aliphatic carbocycles. The molecule has 3 N–H and O–H groups in total. The highest BCUT2D eigenvalue weighted by Gasteiger charge is 2.37. The zero-order valence-electron chi connectivity index (χ0n) is 15.1. The Labute approximate surface area is 148 Å². The van der Waals surface area contributed by atoms with Crippen molar-refractivity contribution in [2.24, 2.45) is 5.41 Å². The molecular weight excluding hydrogens is 318 g/mol. The molecule has 0 spiro atoms. The van der Waals surface area contributed by atoms with Crippen LogP contribution in [0.25, 0.3) is 0 Å². The van der Waals surface area contributed by atoms with Gasteiger partial charge in [-0.3, -0.25) is 14.4 Å². The van der Waals surface area contributed by atoms with Gasteiger partial charge < -0.3 is 16.0 Å². The summed E-state index contributed by atoms with van der Waals surface area (Å²) < 4.78 is 0. The molecule has 2 rings (SSSR count). The van der Waals surface area contributed by atoms with E-state index < -0.39 is 5.41 Å². The maximum Gasteiger partial charge on any atom is 0.239 e. The highest BCUT2D eigenvalue weighted by molar-refractivity contribution is 6.10. The molecule has 25 heavy (non-hydrogen) atoms. The lowest BCUT2D eigenvalue weighted by atomic mass is 9.88. The lowest BCUT2D eigenvalue weighted by Gasteiger charge is -2.28. The summed E-state index contributed by atoms with van der Waals surface area (Å²) >= 11 is 0. The lowest BCUT2D eigenvalue weighted by molar-refractivity contribution is -0.139. The number of rotatable bonds is 5. The van der Waals surface area contributed by atoms with Crippen molar-refractivity contribution in [2.75, 3.05) is 10.6 Å². The fourth-order valence-corrected chi connectivity index (χ4v) is 2.84. The van der Waals surface area contributed by atoms with Crippen molar-refractivity contribution in [2.45, 2.75) is 58.9 Å². The van der Waals surface area contributed by atoms with E-state index in [1.54, 1.807) is 38.1 Å². The van der Waals surface area contributed by atoms with E-state index >= 15 is 0 Å². The van der Waals surface area contributed by atoms with Crippen molar-refractivity contribution in [3.63, 3.8) is 0 Å². The number of amides is 3. The van der Waals surface area contributed by atoms with E-state index in [1.807, 2.05) is 0 Å². The molecule has 0 aromatic heterocycles. The normalized spacial score (nSPS) is 15.3. The van der Waals surface area contributed by atoms with Crippen molar-refractivity contribution in [1.29, 1.82) is 0 Å². The van der Waals surface area contributed by atoms with Gasteiger partial charge in [-0.25, -0.2) is 0 Å². The van der Waals surface area contributed by atoms with Crippen LogP contribution in [0.2, 0.25) is 0 Å². The smallest absolute Gasteiger partial charge is 0.239 e. The van der Waals surface area contributed by atoms with Gasteiger partial charge in [-0.15, -0.1) is 0 Å². The number of carbonyl (C=O) groups is 3. The molecule has 6 heteroatoms. The van der Waals surface area contributed by atoms with Crippen molar-refractivity contribution in [1.82, 2.24) is 5.32 Å². The second-order valence-electron chi connectivity index (χ2n) is 7.15. The first-order valence-corrected chi connectivity index (χ1v) is 8.79. The molecule has 6 nitrogen and oxygen atoms in total. The molecule has 136 valence electrons. The van der Waals surface area contributed by atoms with Crippen LogP contribution in [-0.4, -0.2) is 23.8 Å². The Hall–Kier alpha value is -2.37. The molecule has 3 amide bonds. The summed E-state index contributed by atoms with van der Waals surface area (Å²) in [4.78, 5) is 36.1. The van der Waals surface area contributed by atoms with E-state index in [0.717, 1.165) is 25.7 Å². The van der Waals surface area contributed by atoms with E-state index in [0.29, 0.717) is 11.4 Å². The van der Waals surface area contributed by atoms with Crippen LogP contribution in [0, 0.1) is 5.41 Å². The quantitative estimate of drug-likeness (QED) is 0.717. The number of hydrogen-bond acceptors (Lipinski definition) is 3. The number of anilines is 2. The van der Waals surface area contributed by atoms with Crippen molar-refractivity contribution < 1.29 is 14.4 Å². The van der Waals surface area contributed by atoms with Crippen molar-refractivity contribution in [3.05, 3.63) is 24.3 Å². The third-order valence-electron chi connectivity index (χ3n) is 4.54.